The van der Waals surface area contributed by atoms with Crippen LogP contribution in [0.5, 0.6) is 11.6 Å². The number of nitrogens with zero attached hydrogens (tertiary/aromatic N) is 2. The Labute approximate surface area is 129 Å². The molecule has 2 N–H and O–H groups in total. The van der Waals surface area contributed by atoms with Gasteiger partial charge in [0.05, 0.1) is 0 Å². The molecule has 1 aromatic carbocycles. The van der Waals surface area contributed by atoms with Gasteiger partial charge in [-0.05, 0) is 43.8 Å². The van der Waals surface area contributed by atoms with E-state index in [2.05, 4.69) is 34.7 Å². The maximum atomic E-state index is 5.57. The standard InChI is InChI=1S/C15H18N4OS/c1-3-11(2)16-15(21)17-13-9-10-14(19-18-13)20-12-7-5-4-6-8-12/h4-11H,3H2,1-2H3,(H2,16,17,18,21)/t11-/m1/s1. The fourth-order valence-corrected chi connectivity index (χ4v) is 1.83. The van der Waals surface area contributed by atoms with E-state index < -0.39 is 0 Å². The molecule has 0 radical (unpaired) electrons. The lowest BCUT2D eigenvalue weighted by Gasteiger charge is -2.14. The maximum absolute atomic E-state index is 5.57. The van der Waals surface area contributed by atoms with Gasteiger partial charge in [0, 0.05) is 12.1 Å². The number of anilines is 1. The van der Waals surface area contributed by atoms with Crippen molar-refractivity contribution in [1.82, 2.24) is 15.5 Å². The van der Waals surface area contributed by atoms with E-state index in [0.717, 1.165) is 12.2 Å². The van der Waals surface area contributed by atoms with Crippen LogP contribution in [-0.2, 0) is 0 Å². The van der Waals surface area contributed by atoms with Crippen LogP contribution in [0.15, 0.2) is 42.5 Å². The molecule has 0 saturated carbocycles. The molecule has 0 bridgehead atoms. The summed E-state index contributed by atoms with van der Waals surface area (Å²) in [5.41, 5.74) is 0. The molecule has 110 valence electrons. The number of nitrogens with one attached hydrogen (secondary N) is 2. The molecule has 0 amide bonds. The molecule has 2 aromatic rings. The zero-order valence-corrected chi connectivity index (χ0v) is 12.9. The largest absolute Gasteiger partial charge is 0.438 e. The number of ether oxygens (including phenoxy) is 1. The van der Waals surface area contributed by atoms with E-state index in [-0.39, 0.29) is 0 Å². The highest BCUT2D eigenvalue weighted by atomic mass is 32.1. The van der Waals surface area contributed by atoms with Crippen molar-refractivity contribution in [3.05, 3.63) is 42.5 Å². The molecule has 0 unspecified atom stereocenters. The highest BCUT2D eigenvalue weighted by Gasteiger charge is 2.04. The molecule has 1 atom stereocenters. The Kier molecular flexibility index (Phi) is 5.45. The number of thiocarbonyl (C=S) groups is 1. The molecule has 21 heavy (non-hydrogen) atoms. The van der Waals surface area contributed by atoms with E-state index in [9.17, 15) is 0 Å². The van der Waals surface area contributed by atoms with Gasteiger partial charge in [0.15, 0.2) is 10.9 Å². The predicted molar refractivity (Wildman–Crippen MR) is 87.7 cm³/mol. The Balaban J connectivity index is 1.91. The molecule has 0 aliphatic heterocycles. The lowest BCUT2D eigenvalue weighted by Crippen LogP contribution is -2.35. The van der Waals surface area contributed by atoms with E-state index >= 15 is 0 Å². The summed E-state index contributed by atoms with van der Waals surface area (Å²) in [6.07, 6.45) is 0.997. The third kappa shape index (κ3) is 5.00. The van der Waals surface area contributed by atoms with E-state index in [4.69, 9.17) is 17.0 Å². The van der Waals surface area contributed by atoms with Crippen LogP contribution < -0.4 is 15.4 Å². The number of hydrogen-bond donors (Lipinski definition) is 2. The van der Waals surface area contributed by atoms with Crippen molar-refractivity contribution in [2.75, 3.05) is 5.32 Å². The molecule has 2 rings (SSSR count). The van der Waals surface area contributed by atoms with Crippen molar-refractivity contribution in [1.29, 1.82) is 0 Å². The van der Waals surface area contributed by atoms with Crippen LogP contribution in [0.25, 0.3) is 0 Å². The molecule has 0 aliphatic carbocycles. The number of rotatable bonds is 5. The summed E-state index contributed by atoms with van der Waals surface area (Å²) < 4.78 is 5.57. The Morgan fingerprint density at radius 3 is 2.57 bits per heavy atom. The average Bonchev–Trinajstić information content (AvgIpc) is 2.50. The highest BCUT2D eigenvalue weighted by Crippen LogP contribution is 2.18. The van der Waals surface area contributed by atoms with Crippen LogP contribution in [0.3, 0.4) is 0 Å². The van der Waals surface area contributed by atoms with Crippen LogP contribution >= 0.6 is 12.2 Å². The number of para-hydroxylation sites is 1. The summed E-state index contributed by atoms with van der Waals surface area (Å²) in [4.78, 5) is 0. The van der Waals surface area contributed by atoms with Gasteiger partial charge in [0.2, 0.25) is 5.88 Å². The predicted octanol–water partition coefficient (Wildman–Crippen LogP) is 3.35. The van der Waals surface area contributed by atoms with E-state index in [0.29, 0.717) is 22.9 Å². The topological polar surface area (TPSA) is 59.1 Å². The number of hydrogen-bond acceptors (Lipinski definition) is 4. The number of benzene rings is 1. The molecule has 6 heteroatoms. The first-order valence-corrected chi connectivity index (χ1v) is 7.22. The van der Waals surface area contributed by atoms with E-state index in [1.54, 1.807) is 12.1 Å². The summed E-state index contributed by atoms with van der Waals surface area (Å²) in [6.45, 7) is 4.16. The van der Waals surface area contributed by atoms with E-state index in [1.807, 2.05) is 30.3 Å². The Bertz CT molecular complexity index is 574. The van der Waals surface area contributed by atoms with Gasteiger partial charge in [-0.25, -0.2) is 0 Å². The monoisotopic (exact) mass is 302 g/mol. The fourth-order valence-electron chi connectivity index (χ4n) is 1.53. The van der Waals surface area contributed by atoms with Gasteiger partial charge in [-0.15, -0.1) is 10.2 Å². The molecule has 0 saturated heterocycles. The maximum Gasteiger partial charge on any atom is 0.238 e. The van der Waals surface area contributed by atoms with Gasteiger partial charge in [0.1, 0.15) is 5.75 Å². The van der Waals surface area contributed by atoms with E-state index in [1.165, 1.54) is 0 Å². The van der Waals surface area contributed by atoms with Crippen LogP contribution in [-0.4, -0.2) is 21.4 Å². The zero-order chi connectivity index (χ0) is 15.1. The minimum Gasteiger partial charge on any atom is -0.438 e. The molecule has 1 aromatic heterocycles. The third-order valence-corrected chi connectivity index (χ3v) is 3.06. The third-order valence-electron chi connectivity index (χ3n) is 2.84. The van der Waals surface area contributed by atoms with Crippen molar-refractivity contribution in [2.24, 2.45) is 0 Å². The Morgan fingerprint density at radius 1 is 1.19 bits per heavy atom. The second-order valence-electron chi connectivity index (χ2n) is 4.58. The zero-order valence-electron chi connectivity index (χ0n) is 12.0. The average molecular weight is 302 g/mol. The van der Waals surface area contributed by atoms with Crippen molar-refractivity contribution in [2.45, 2.75) is 26.3 Å². The molecule has 0 fully saturated rings. The molecule has 0 aliphatic rings. The SMILES string of the molecule is CC[C@@H](C)NC(=S)Nc1ccc(Oc2ccccc2)nn1. The Morgan fingerprint density at radius 2 is 1.95 bits per heavy atom. The van der Waals surface area contributed by atoms with Gasteiger partial charge >= 0.3 is 0 Å². The van der Waals surface area contributed by atoms with Gasteiger partial charge in [-0.1, -0.05) is 25.1 Å². The quantitative estimate of drug-likeness (QED) is 0.826. The summed E-state index contributed by atoms with van der Waals surface area (Å²) in [7, 11) is 0. The van der Waals surface area contributed by atoms with Gasteiger partial charge in [-0.3, -0.25) is 0 Å². The van der Waals surface area contributed by atoms with Gasteiger partial charge in [0.25, 0.3) is 0 Å². The Hall–Kier alpha value is -2.21. The molecular weight excluding hydrogens is 284 g/mol. The van der Waals surface area contributed by atoms with Gasteiger partial charge < -0.3 is 15.4 Å². The molecule has 5 nitrogen and oxygen atoms in total. The van der Waals surface area contributed by atoms with Crippen molar-refractivity contribution < 1.29 is 4.74 Å². The highest BCUT2D eigenvalue weighted by molar-refractivity contribution is 7.80. The molecule has 1 heterocycles. The normalized spacial score (nSPS) is 11.5. The summed E-state index contributed by atoms with van der Waals surface area (Å²) >= 11 is 5.20. The summed E-state index contributed by atoms with van der Waals surface area (Å²) in [6, 6.07) is 13.3. The first-order chi connectivity index (χ1) is 10.2. The van der Waals surface area contributed by atoms with Crippen LogP contribution in [0.4, 0.5) is 5.82 Å². The summed E-state index contributed by atoms with van der Waals surface area (Å²) in [5, 5.41) is 14.7. The van der Waals surface area contributed by atoms with Crippen LogP contribution in [0.2, 0.25) is 0 Å². The first-order valence-electron chi connectivity index (χ1n) is 6.81. The second kappa shape index (κ2) is 7.54. The minimum absolute atomic E-state index is 0.318. The molecular formula is C15H18N4OS. The van der Waals surface area contributed by atoms with Crippen molar-refractivity contribution in [3.8, 4) is 11.6 Å². The lowest BCUT2D eigenvalue weighted by atomic mass is 10.3. The van der Waals surface area contributed by atoms with Gasteiger partial charge in [-0.2, -0.15) is 0 Å². The number of aromatic nitrogens is 2. The minimum atomic E-state index is 0.318. The lowest BCUT2D eigenvalue weighted by molar-refractivity contribution is 0.455. The van der Waals surface area contributed by atoms with Crippen molar-refractivity contribution >= 4 is 23.1 Å². The summed E-state index contributed by atoms with van der Waals surface area (Å²) in [5.74, 6) is 1.74. The first kappa shape index (κ1) is 15.2. The van der Waals surface area contributed by atoms with Crippen LogP contribution in [0.1, 0.15) is 20.3 Å². The van der Waals surface area contributed by atoms with Crippen LogP contribution in [0, 0.1) is 0 Å². The van der Waals surface area contributed by atoms with Crippen molar-refractivity contribution in [3.63, 3.8) is 0 Å². The fraction of sp³-hybridized carbons (Fsp3) is 0.267. The second-order valence-corrected chi connectivity index (χ2v) is 4.99. The molecule has 0 spiro atoms. The smallest absolute Gasteiger partial charge is 0.238 e.